The van der Waals surface area contributed by atoms with Crippen LogP contribution in [0.1, 0.15) is 18.9 Å². The summed E-state index contributed by atoms with van der Waals surface area (Å²) in [5.41, 5.74) is 1.47. The summed E-state index contributed by atoms with van der Waals surface area (Å²) in [4.78, 5) is 0. The van der Waals surface area contributed by atoms with Gasteiger partial charge in [0, 0.05) is 13.2 Å². The van der Waals surface area contributed by atoms with Crippen molar-refractivity contribution in [3.05, 3.63) is 29.6 Å². The molecule has 0 saturated carbocycles. The van der Waals surface area contributed by atoms with Crippen LogP contribution in [0.15, 0.2) is 18.2 Å². The van der Waals surface area contributed by atoms with E-state index in [0.717, 1.165) is 12.0 Å². The Bertz CT molecular complexity index is 314. The number of benzene rings is 1. The van der Waals surface area contributed by atoms with Crippen LogP contribution in [-0.4, -0.2) is 19.8 Å². The molecular formula is C12H18FNO. The number of aryl methyl sites for hydroxylation is 1. The van der Waals surface area contributed by atoms with E-state index in [1.165, 1.54) is 6.07 Å². The fourth-order valence-corrected chi connectivity index (χ4v) is 1.42. The Morgan fingerprint density at radius 1 is 1.47 bits per heavy atom. The molecule has 0 bridgehead atoms. The third kappa shape index (κ3) is 3.51. The molecule has 0 radical (unpaired) electrons. The predicted molar refractivity (Wildman–Crippen MR) is 60.7 cm³/mol. The Kier molecular flexibility index (Phi) is 4.56. The summed E-state index contributed by atoms with van der Waals surface area (Å²) in [5, 5.41) is 3.13. The van der Waals surface area contributed by atoms with Crippen molar-refractivity contribution in [1.29, 1.82) is 0 Å². The van der Waals surface area contributed by atoms with Crippen LogP contribution in [0, 0.1) is 12.7 Å². The third-order valence-corrected chi connectivity index (χ3v) is 2.34. The van der Waals surface area contributed by atoms with E-state index in [1.54, 1.807) is 13.2 Å². The molecule has 0 aliphatic carbocycles. The number of hydrogen-bond donors (Lipinski definition) is 1. The first kappa shape index (κ1) is 12.0. The number of ether oxygens (including phenoxy) is 1. The Balaban J connectivity index is 2.70. The lowest BCUT2D eigenvalue weighted by molar-refractivity contribution is 0.184. The van der Waals surface area contributed by atoms with Crippen molar-refractivity contribution in [3.8, 4) is 0 Å². The lowest BCUT2D eigenvalue weighted by atomic mass is 10.2. The molecule has 3 heteroatoms. The summed E-state index contributed by atoms with van der Waals surface area (Å²) in [6.45, 7) is 4.51. The van der Waals surface area contributed by atoms with Crippen molar-refractivity contribution in [1.82, 2.24) is 0 Å². The van der Waals surface area contributed by atoms with Crippen LogP contribution < -0.4 is 5.32 Å². The maximum atomic E-state index is 13.5. The highest BCUT2D eigenvalue weighted by Crippen LogP contribution is 2.16. The van der Waals surface area contributed by atoms with Gasteiger partial charge >= 0.3 is 0 Å². The van der Waals surface area contributed by atoms with Gasteiger partial charge in [0.15, 0.2) is 0 Å². The minimum absolute atomic E-state index is 0.159. The zero-order valence-corrected chi connectivity index (χ0v) is 9.51. The first-order valence-corrected chi connectivity index (χ1v) is 5.19. The molecule has 0 saturated heterocycles. The van der Waals surface area contributed by atoms with Crippen LogP contribution in [0.4, 0.5) is 10.1 Å². The van der Waals surface area contributed by atoms with Crippen molar-refractivity contribution in [2.24, 2.45) is 0 Å². The highest BCUT2D eigenvalue weighted by Gasteiger charge is 2.08. The number of halogens is 1. The molecule has 1 N–H and O–H groups in total. The Labute approximate surface area is 90.4 Å². The van der Waals surface area contributed by atoms with Gasteiger partial charge in [-0.2, -0.15) is 0 Å². The molecule has 1 aromatic rings. The van der Waals surface area contributed by atoms with Crippen molar-refractivity contribution in [3.63, 3.8) is 0 Å². The number of methoxy groups -OCH3 is 1. The lowest BCUT2D eigenvalue weighted by Crippen LogP contribution is -2.24. The second-order valence-electron chi connectivity index (χ2n) is 3.69. The van der Waals surface area contributed by atoms with Gasteiger partial charge in [-0.3, -0.25) is 0 Å². The van der Waals surface area contributed by atoms with Gasteiger partial charge in [0.2, 0.25) is 0 Å². The molecule has 1 rings (SSSR count). The summed E-state index contributed by atoms with van der Waals surface area (Å²) in [6.07, 6.45) is 0.904. The summed E-state index contributed by atoms with van der Waals surface area (Å²) < 4.78 is 18.5. The smallest absolute Gasteiger partial charge is 0.146 e. The Morgan fingerprint density at radius 2 is 2.20 bits per heavy atom. The number of hydrogen-bond acceptors (Lipinski definition) is 2. The summed E-state index contributed by atoms with van der Waals surface area (Å²) >= 11 is 0. The van der Waals surface area contributed by atoms with Crippen LogP contribution in [0.5, 0.6) is 0 Å². The lowest BCUT2D eigenvalue weighted by Gasteiger charge is -2.17. The quantitative estimate of drug-likeness (QED) is 0.808. The first-order chi connectivity index (χ1) is 7.17. The standard InChI is InChI=1S/C12H18FNO/c1-4-10(8-15-3)14-12-6-5-9(2)7-11(12)13/h5-7,10,14H,4,8H2,1-3H3. The third-order valence-electron chi connectivity index (χ3n) is 2.34. The van der Waals surface area contributed by atoms with E-state index in [-0.39, 0.29) is 11.9 Å². The van der Waals surface area contributed by atoms with Gasteiger partial charge in [-0.15, -0.1) is 0 Å². The van der Waals surface area contributed by atoms with E-state index in [0.29, 0.717) is 12.3 Å². The Morgan fingerprint density at radius 3 is 2.73 bits per heavy atom. The fraction of sp³-hybridized carbons (Fsp3) is 0.500. The molecule has 0 amide bonds. The van der Waals surface area contributed by atoms with Crippen LogP contribution >= 0.6 is 0 Å². The number of nitrogens with one attached hydrogen (secondary N) is 1. The number of rotatable bonds is 5. The van der Waals surface area contributed by atoms with Crippen LogP contribution in [0.3, 0.4) is 0 Å². The van der Waals surface area contributed by atoms with Crippen LogP contribution in [0.25, 0.3) is 0 Å². The molecule has 0 heterocycles. The minimum Gasteiger partial charge on any atom is -0.383 e. The monoisotopic (exact) mass is 211 g/mol. The van der Waals surface area contributed by atoms with Crippen molar-refractivity contribution in [2.45, 2.75) is 26.3 Å². The van der Waals surface area contributed by atoms with Crippen LogP contribution in [-0.2, 0) is 4.74 Å². The van der Waals surface area contributed by atoms with Crippen LogP contribution in [0.2, 0.25) is 0 Å². The molecule has 15 heavy (non-hydrogen) atoms. The average Bonchev–Trinajstić information content (AvgIpc) is 2.21. The predicted octanol–water partition coefficient (Wildman–Crippen LogP) is 2.97. The van der Waals surface area contributed by atoms with Gasteiger partial charge in [0.1, 0.15) is 5.82 Å². The fourth-order valence-electron chi connectivity index (χ4n) is 1.42. The van der Waals surface area contributed by atoms with Crippen molar-refractivity contribution in [2.75, 3.05) is 19.0 Å². The van der Waals surface area contributed by atoms with Gasteiger partial charge in [0.25, 0.3) is 0 Å². The normalized spacial score (nSPS) is 12.5. The highest BCUT2D eigenvalue weighted by molar-refractivity contribution is 5.46. The SMILES string of the molecule is CCC(COC)Nc1ccc(C)cc1F. The molecule has 0 aliphatic rings. The van der Waals surface area contributed by atoms with Gasteiger partial charge in [-0.05, 0) is 31.0 Å². The van der Waals surface area contributed by atoms with E-state index in [9.17, 15) is 4.39 Å². The molecule has 84 valence electrons. The molecule has 1 atom stereocenters. The molecule has 2 nitrogen and oxygen atoms in total. The van der Waals surface area contributed by atoms with E-state index >= 15 is 0 Å². The molecule has 1 aromatic carbocycles. The van der Waals surface area contributed by atoms with E-state index in [2.05, 4.69) is 5.32 Å². The zero-order valence-electron chi connectivity index (χ0n) is 9.51. The summed E-state index contributed by atoms with van der Waals surface area (Å²) in [7, 11) is 1.65. The van der Waals surface area contributed by atoms with Gasteiger partial charge in [-0.25, -0.2) is 4.39 Å². The second-order valence-corrected chi connectivity index (χ2v) is 3.69. The molecule has 0 aromatic heterocycles. The van der Waals surface area contributed by atoms with Gasteiger partial charge in [-0.1, -0.05) is 13.0 Å². The molecule has 1 unspecified atom stereocenters. The molecular weight excluding hydrogens is 193 g/mol. The summed E-state index contributed by atoms with van der Waals surface area (Å²) in [6, 6.07) is 5.35. The topological polar surface area (TPSA) is 21.3 Å². The zero-order chi connectivity index (χ0) is 11.3. The molecule has 0 fully saturated rings. The van der Waals surface area contributed by atoms with Gasteiger partial charge in [0.05, 0.1) is 12.3 Å². The van der Waals surface area contributed by atoms with E-state index in [4.69, 9.17) is 4.74 Å². The van der Waals surface area contributed by atoms with Crippen molar-refractivity contribution < 1.29 is 9.13 Å². The first-order valence-electron chi connectivity index (χ1n) is 5.19. The van der Waals surface area contributed by atoms with E-state index in [1.807, 2.05) is 19.9 Å². The Hall–Kier alpha value is -1.09. The van der Waals surface area contributed by atoms with E-state index < -0.39 is 0 Å². The highest BCUT2D eigenvalue weighted by atomic mass is 19.1. The van der Waals surface area contributed by atoms with Crippen molar-refractivity contribution >= 4 is 5.69 Å². The number of anilines is 1. The molecule has 0 spiro atoms. The second kappa shape index (κ2) is 5.71. The summed E-state index contributed by atoms with van der Waals surface area (Å²) in [5.74, 6) is -0.204. The largest absolute Gasteiger partial charge is 0.383 e. The minimum atomic E-state index is -0.204. The molecule has 0 aliphatic heterocycles. The maximum absolute atomic E-state index is 13.5. The maximum Gasteiger partial charge on any atom is 0.146 e. The van der Waals surface area contributed by atoms with Gasteiger partial charge < -0.3 is 10.1 Å². The average molecular weight is 211 g/mol.